The van der Waals surface area contributed by atoms with Crippen molar-refractivity contribution in [2.75, 3.05) is 10.6 Å². The van der Waals surface area contributed by atoms with Gasteiger partial charge in [0.1, 0.15) is 29.4 Å². The van der Waals surface area contributed by atoms with Crippen molar-refractivity contribution < 1.29 is 19.4 Å². The average molecular weight is 509 g/mol. The SMILES string of the molecule is CC(Oc1cccc(Cl)c1)C(=O)Nc1cc(NCc2cn3cc(C4CC4)ccc3n2)ncn1.O=CO. The summed E-state index contributed by atoms with van der Waals surface area (Å²) in [5.41, 5.74) is 3.18. The summed E-state index contributed by atoms with van der Waals surface area (Å²) in [6.45, 7) is 1.91. The van der Waals surface area contributed by atoms with Crippen LogP contribution in [0.15, 0.2) is 61.2 Å². The largest absolute Gasteiger partial charge is 0.483 e. The molecule has 1 aliphatic rings. The summed E-state index contributed by atoms with van der Waals surface area (Å²) in [6, 6.07) is 12.8. The first kappa shape index (κ1) is 24.9. The summed E-state index contributed by atoms with van der Waals surface area (Å²) in [5, 5.41) is 13.4. The van der Waals surface area contributed by atoms with Gasteiger partial charge in [0.25, 0.3) is 12.4 Å². The lowest BCUT2D eigenvalue weighted by molar-refractivity contribution is -0.123. The van der Waals surface area contributed by atoms with Crippen molar-refractivity contribution in [3.8, 4) is 5.75 Å². The topological polar surface area (TPSA) is 131 Å². The Labute approximate surface area is 212 Å². The highest BCUT2D eigenvalue weighted by atomic mass is 35.5. The number of amides is 1. The molecule has 1 saturated carbocycles. The number of pyridine rings is 1. The Bertz CT molecular complexity index is 1360. The third-order valence-electron chi connectivity index (χ3n) is 5.42. The summed E-state index contributed by atoms with van der Waals surface area (Å²) >= 11 is 5.96. The van der Waals surface area contributed by atoms with E-state index in [0.717, 1.165) is 11.3 Å². The molecular weight excluding hydrogens is 484 g/mol. The highest BCUT2D eigenvalue weighted by Crippen LogP contribution is 2.39. The number of benzene rings is 1. The van der Waals surface area contributed by atoms with Crippen LogP contribution in [-0.4, -0.2) is 42.9 Å². The van der Waals surface area contributed by atoms with Crippen LogP contribution < -0.4 is 15.4 Å². The van der Waals surface area contributed by atoms with Gasteiger partial charge in [-0.1, -0.05) is 23.7 Å². The molecule has 3 heterocycles. The predicted molar refractivity (Wildman–Crippen MR) is 135 cm³/mol. The minimum absolute atomic E-state index is 0.250. The first-order valence-corrected chi connectivity index (χ1v) is 11.7. The van der Waals surface area contributed by atoms with Crippen LogP contribution in [0.4, 0.5) is 11.6 Å². The lowest BCUT2D eigenvalue weighted by Gasteiger charge is -2.14. The van der Waals surface area contributed by atoms with Crippen LogP contribution in [0.2, 0.25) is 5.02 Å². The van der Waals surface area contributed by atoms with Gasteiger partial charge in [0.15, 0.2) is 6.10 Å². The second-order valence-electron chi connectivity index (χ2n) is 8.19. The third-order valence-corrected chi connectivity index (χ3v) is 5.65. The van der Waals surface area contributed by atoms with E-state index >= 15 is 0 Å². The van der Waals surface area contributed by atoms with Crippen LogP contribution in [0.3, 0.4) is 0 Å². The molecule has 1 unspecified atom stereocenters. The average Bonchev–Trinajstić information content (AvgIpc) is 3.62. The third kappa shape index (κ3) is 6.70. The number of carboxylic acid groups (broad SMARTS) is 1. The molecule has 1 aromatic carbocycles. The molecule has 4 aromatic rings. The number of rotatable bonds is 8. The zero-order chi connectivity index (χ0) is 25.5. The number of nitrogens with one attached hydrogen (secondary N) is 2. The highest BCUT2D eigenvalue weighted by molar-refractivity contribution is 6.30. The van der Waals surface area contributed by atoms with Crippen LogP contribution in [0, 0.1) is 0 Å². The number of nitrogens with zero attached hydrogens (tertiary/aromatic N) is 4. The van der Waals surface area contributed by atoms with Crippen LogP contribution >= 0.6 is 11.6 Å². The molecule has 5 rings (SSSR count). The Morgan fingerprint density at radius 3 is 2.75 bits per heavy atom. The van der Waals surface area contributed by atoms with Crippen LogP contribution in [0.25, 0.3) is 5.65 Å². The van der Waals surface area contributed by atoms with Gasteiger partial charge in [0.2, 0.25) is 0 Å². The Kier molecular flexibility index (Phi) is 7.96. The van der Waals surface area contributed by atoms with Crippen molar-refractivity contribution in [1.29, 1.82) is 0 Å². The van der Waals surface area contributed by atoms with Gasteiger partial charge in [0.05, 0.1) is 12.2 Å². The van der Waals surface area contributed by atoms with Crippen molar-refractivity contribution in [3.63, 3.8) is 0 Å². The van der Waals surface area contributed by atoms with Crippen molar-refractivity contribution in [1.82, 2.24) is 19.4 Å². The van der Waals surface area contributed by atoms with Gasteiger partial charge >= 0.3 is 0 Å². The smallest absolute Gasteiger partial charge is 0.290 e. The Morgan fingerprint density at radius 1 is 1.22 bits per heavy atom. The predicted octanol–water partition coefficient (Wildman–Crippen LogP) is 4.37. The molecule has 10 nitrogen and oxygen atoms in total. The summed E-state index contributed by atoms with van der Waals surface area (Å²) in [5.74, 6) is 1.85. The molecule has 186 valence electrons. The van der Waals surface area contributed by atoms with Crippen LogP contribution in [0.5, 0.6) is 5.75 Å². The van der Waals surface area contributed by atoms with Crippen molar-refractivity contribution in [2.24, 2.45) is 0 Å². The van der Waals surface area contributed by atoms with E-state index in [9.17, 15) is 4.79 Å². The second-order valence-corrected chi connectivity index (χ2v) is 8.63. The van der Waals surface area contributed by atoms with Gasteiger partial charge < -0.3 is 24.9 Å². The van der Waals surface area contributed by atoms with Gasteiger partial charge in [-0.25, -0.2) is 15.0 Å². The molecule has 3 aromatic heterocycles. The molecule has 11 heteroatoms. The minimum Gasteiger partial charge on any atom is -0.483 e. The van der Waals surface area contributed by atoms with Crippen molar-refractivity contribution >= 4 is 41.3 Å². The fraction of sp³-hybridized carbons (Fsp3) is 0.240. The summed E-state index contributed by atoms with van der Waals surface area (Å²) < 4.78 is 7.72. The lowest BCUT2D eigenvalue weighted by Crippen LogP contribution is -2.30. The number of anilines is 2. The molecule has 0 spiro atoms. The number of aromatic nitrogens is 4. The van der Waals surface area contributed by atoms with Crippen molar-refractivity contribution in [2.45, 2.75) is 38.3 Å². The standard InChI is InChI=1S/C24H23ClN6O2.CH2O2/c1-15(33-20-4-2-3-18(25)9-20)24(32)30-22-10-21(27-14-28-22)26-11-19-13-31-12-17(16-5-6-16)7-8-23(31)29-19;2-1-3/h2-4,7-10,12-16H,5-6,11H2,1H3,(H2,26,27,28,30,32);1H,(H,2,3). The zero-order valence-electron chi connectivity index (χ0n) is 19.5. The van der Waals surface area contributed by atoms with Crippen LogP contribution in [-0.2, 0) is 16.1 Å². The van der Waals surface area contributed by atoms with E-state index in [4.69, 9.17) is 26.2 Å². The van der Waals surface area contributed by atoms with E-state index in [-0.39, 0.29) is 12.4 Å². The maximum Gasteiger partial charge on any atom is 0.290 e. The van der Waals surface area contributed by atoms with Gasteiger partial charge in [-0.05, 0) is 55.5 Å². The fourth-order valence-electron chi connectivity index (χ4n) is 3.53. The Hall–Kier alpha value is -4.18. The molecule has 1 aliphatic carbocycles. The van der Waals surface area contributed by atoms with Gasteiger partial charge in [0, 0.05) is 23.5 Å². The molecule has 1 atom stereocenters. The second kappa shape index (κ2) is 11.5. The van der Waals surface area contributed by atoms with E-state index in [1.165, 1.54) is 24.7 Å². The van der Waals surface area contributed by atoms with E-state index in [1.54, 1.807) is 37.3 Å². The van der Waals surface area contributed by atoms with E-state index in [1.807, 2.05) is 6.20 Å². The monoisotopic (exact) mass is 508 g/mol. The zero-order valence-corrected chi connectivity index (χ0v) is 20.2. The number of ether oxygens (including phenoxy) is 1. The van der Waals surface area contributed by atoms with Crippen molar-refractivity contribution in [3.05, 3.63) is 77.5 Å². The molecule has 1 fully saturated rings. The molecule has 0 aliphatic heterocycles. The summed E-state index contributed by atoms with van der Waals surface area (Å²) in [4.78, 5) is 33.9. The normalized spacial score (nSPS) is 13.3. The Balaban J connectivity index is 0.000000967. The molecular formula is C25H25ClN6O4. The number of carbonyl (C=O) groups excluding carboxylic acids is 1. The molecule has 0 radical (unpaired) electrons. The van der Waals surface area contributed by atoms with Gasteiger partial charge in [-0.3, -0.25) is 9.59 Å². The molecule has 3 N–H and O–H groups in total. The molecule has 0 saturated heterocycles. The first-order valence-electron chi connectivity index (χ1n) is 11.3. The van der Waals surface area contributed by atoms with E-state index in [2.05, 4.69) is 48.3 Å². The number of halogens is 1. The highest BCUT2D eigenvalue weighted by Gasteiger charge is 2.23. The number of hydrogen-bond donors (Lipinski definition) is 3. The van der Waals surface area contributed by atoms with E-state index in [0.29, 0.717) is 34.9 Å². The number of fused-ring (bicyclic) bond motifs is 1. The number of hydrogen-bond acceptors (Lipinski definition) is 7. The molecule has 1 amide bonds. The summed E-state index contributed by atoms with van der Waals surface area (Å²) in [7, 11) is 0. The molecule has 0 bridgehead atoms. The summed E-state index contributed by atoms with van der Waals surface area (Å²) in [6.07, 6.45) is 7.39. The number of imidazole rings is 1. The maximum atomic E-state index is 12.5. The lowest BCUT2D eigenvalue weighted by atomic mass is 10.2. The maximum absolute atomic E-state index is 12.5. The fourth-order valence-corrected chi connectivity index (χ4v) is 3.71. The van der Waals surface area contributed by atoms with Gasteiger partial charge in [-0.15, -0.1) is 0 Å². The van der Waals surface area contributed by atoms with E-state index < -0.39 is 6.10 Å². The first-order chi connectivity index (χ1) is 17.4. The van der Waals surface area contributed by atoms with Gasteiger partial charge in [-0.2, -0.15) is 0 Å². The number of carbonyl (C=O) groups is 2. The molecule has 36 heavy (non-hydrogen) atoms. The minimum atomic E-state index is -0.728. The Morgan fingerprint density at radius 2 is 2.00 bits per heavy atom. The quantitative estimate of drug-likeness (QED) is 0.299. The van der Waals surface area contributed by atoms with Crippen LogP contribution in [0.1, 0.15) is 36.9 Å².